The number of ether oxygens (including phenoxy) is 2. The number of fused-ring (bicyclic) bond motifs is 4. The smallest absolute Gasteiger partial charge is 0.407 e. The summed E-state index contributed by atoms with van der Waals surface area (Å²) in [7, 11) is 0. The molecule has 4 bridgehead atoms. The number of carbonyl (C=O) groups is 1. The second kappa shape index (κ2) is 7.87. The summed E-state index contributed by atoms with van der Waals surface area (Å²) in [5.74, 6) is 0.765. The highest BCUT2D eigenvalue weighted by Gasteiger charge is 2.22. The highest BCUT2D eigenvalue weighted by atomic mass is 16.5. The van der Waals surface area contributed by atoms with Crippen LogP contribution in [0.2, 0.25) is 0 Å². The van der Waals surface area contributed by atoms with Gasteiger partial charge in [-0.2, -0.15) is 5.10 Å². The zero-order chi connectivity index (χ0) is 20.5. The van der Waals surface area contributed by atoms with E-state index in [2.05, 4.69) is 26.5 Å². The molecule has 3 N–H and O–H groups in total. The molecule has 30 heavy (non-hydrogen) atoms. The van der Waals surface area contributed by atoms with Crippen LogP contribution in [0.3, 0.4) is 0 Å². The number of amides is 1. The molecular formula is C22H24N4O4. The maximum atomic E-state index is 12.0. The van der Waals surface area contributed by atoms with Crippen molar-refractivity contribution in [2.45, 2.75) is 25.6 Å². The first-order valence-electron chi connectivity index (χ1n) is 10.2. The summed E-state index contributed by atoms with van der Waals surface area (Å²) < 4.78 is 11.3. The number of nitrogens with one attached hydrogen (secondary N) is 2. The van der Waals surface area contributed by atoms with Gasteiger partial charge in [0.2, 0.25) is 0 Å². The number of benzene rings is 2. The maximum Gasteiger partial charge on any atom is 0.407 e. The van der Waals surface area contributed by atoms with Crippen LogP contribution < -0.4 is 15.0 Å². The third kappa shape index (κ3) is 3.78. The molecule has 1 saturated heterocycles. The average Bonchev–Trinajstić information content (AvgIpc) is 3.37. The van der Waals surface area contributed by atoms with Gasteiger partial charge in [-0.1, -0.05) is 0 Å². The van der Waals surface area contributed by atoms with Gasteiger partial charge in [0.25, 0.3) is 0 Å². The van der Waals surface area contributed by atoms with E-state index in [9.17, 15) is 9.90 Å². The van der Waals surface area contributed by atoms with E-state index in [1.54, 1.807) is 0 Å². The molecule has 0 radical (unpaired) electrons. The molecule has 1 fully saturated rings. The van der Waals surface area contributed by atoms with Crippen LogP contribution in [0, 0.1) is 0 Å². The van der Waals surface area contributed by atoms with E-state index >= 15 is 0 Å². The monoisotopic (exact) mass is 408 g/mol. The predicted octanol–water partition coefficient (Wildman–Crippen LogP) is 2.81. The molecule has 5 rings (SSSR count). The summed E-state index contributed by atoms with van der Waals surface area (Å²) in [4.78, 5) is 14.2. The molecule has 2 aliphatic rings. The van der Waals surface area contributed by atoms with Gasteiger partial charge < -0.3 is 24.8 Å². The Hall–Kier alpha value is -3.26. The number of aliphatic hydroxyl groups excluding tert-OH is 1. The van der Waals surface area contributed by atoms with Crippen molar-refractivity contribution in [1.82, 2.24) is 15.5 Å². The minimum atomic E-state index is -0.448. The minimum Gasteiger partial charge on any atom is -0.494 e. The van der Waals surface area contributed by atoms with Crippen LogP contribution in [0.5, 0.6) is 5.75 Å². The first-order valence-corrected chi connectivity index (χ1v) is 10.2. The van der Waals surface area contributed by atoms with Crippen molar-refractivity contribution in [3.05, 3.63) is 42.0 Å². The van der Waals surface area contributed by atoms with Gasteiger partial charge in [-0.25, -0.2) is 4.79 Å². The van der Waals surface area contributed by atoms with E-state index in [0.29, 0.717) is 26.1 Å². The van der Waals surface area contributed by atoms with Gasteiger partial charge in [-0.15, -0.1) is 0 Å². The van der Waals surface area contributed by atoms with E-state index < -0.39 is 6.09 Å². The summed E-state index contributed by atoms with van der Waals surface area (Å²) in [6.45, 7) is 2.50. The molecule has 0 unspecified atom stereocenters. The van der Waals surface area contributed by atoms with Crippen molar-refractivity contribution in [3.63, 3.8) is 0 Å². The molecule has 2 aromatic carbocycles. The van der Waals surface area contributed by atoms with E-state index in [1.807, 2.05) is 30.3 Å². The second-order valence-corrected chi connectivity index (χ2v) is 7.76. The number of aromatic nitrogens is 2. The first-order chi connectivity index (χ1) is 14.7. The summed E-state index contributed by atoms with van der Waals surface area (Å²) in [5.41, 5.74) is 4.52. The Morgan fingerprint density at radius 3 is 2.97 bits per heavy atom. The van der Waals surface area contributed by atoms with Crippen molar-refractivity contribution >= 4 is 22.7 Å². The zero-order valence-electron chi connectivity index (χ0n) is 16.6. The van der Waals surface area contributed by atoms with Gasteiger partial charge >= 0.3 is 6.09 Å². The Balaban J connectivity index is 1.60. The van der Waals surface area contributed by atoms with Crippen molar-refractivity contribution in [1.29, 1.82) is 0 Å². The Labute approximate surface area is 173 Å². The highest BCUT2D eigenvalue weighted by Crippen LogP contribution is 2.33. The van der Waals surface area contributed by atoms with Crippen molar-refractivity contribution < 1.29 is 19.4 Å². The average molecular weight is 408 g/mol. The molecule has 0 aliphatic carbocycles. The Morgan fingerprint density at radius 1 is 1.17 bits per heavy atom. The van der Waals surface area contributed by atoms with Gasteiger partial charge in [-0.05, 0) is 54.8 Å². The Bertz CT molecular complexity index is 1080. The van der Waals surface area contributed by atoms with Crippen LogP contribution in [0.15, 0.2) is 36.4 Å². The number of hydrogen-bond donors (Lipinski definition) is 3. The van der Waals surface area contributed by atoms with Gasteiger partial charge in [0, 0.05) is 36.3 Å². The summed E-state index contributed by atoms with van der Waals surface area (Å²) in [6, 6.07) is 11.9. The number of nitrogens with zero attached hydrogens (tertiary/aromatic N) is 2. The molecule has 1 amide bonds. The molecule has 0 saturated carbocycles. The summed E-state index contributed by atoms with van der Waals surface area (Å²) in [6.07, 6.45) is 0.647. The van der Waals surface area contributed by atoms with Crippen LogP contribution in [0.4, 0.5) is 10.5 Å². The number of anilines is 1. The number of alkyl carbamates (subject to hydrolysis) is 1. The number of aromatic amines is 1. The van der Waals surface area contributed by atoms with Crippen LogP contribution in [0.1, 0.15) is 18.4 Å². The second-order valence-electron chi connectivity index (χ2n) is 7.76. The number of H-pyrrole nitrogens is 1. The fraction of sp³-hybridized carbons (Fsp3) is 0.364. The van der Waals surface area contributed by atoms with Crippen LogP contribution in [-0.4, -0.2) is 53.7 Å². The normalized spacial score (nSPS) is 19.7. The minimum absolute atomic E-state index is 0.160. The zero-order valence-corrected chi connectivity index (χ0v) is 16.6. The lowest BCUT2D eigenvalue weighted by atomic mass is 10.0. The molecule has 3 heterocycles. The molecule has 156 valence electrons. The molecule has 1 atom stereocenters. The Morgan fingerprint density at radius 2 is 2.10 bits per heavy atom. The SMILES string of the molecule is O=C1NCCCOc2ccc3[nH]nc(c3c2)-c2cc(cc(N3CC[C@H](O)C3)c2)CO1. The van der Waals surface area contributed by atoms with Crippen LogP contribution in [-0.2, 0) is 11.3 Å². The van der Waals surface area contributed by atoms with Crippen LogP contribution in [0.25, 0.3) is 22.2 Å². The quantitative estimate of drug-likeness (QED) is 0.573. The first kappa shape index (κ1) is 18.7. The molecule has 1 aromatic heterocycles. The van der Waals surface area contributed by atoms with Crippen molar-refractivity contribution in [3.8, 4) is 17.0 Å². The third-order valence-electron chi connectivity index (χ3n) is 5.54. The number of aliphatic hydroxyl groups is 1. The molecule has 8 nitrogen and oxygen atoms in total. The lowest BCUT2D eigenvalue weighted by Gasteiger charge is -2.20. The number of cyclic esters (lactones) is 1. The topological polar surface area (TPSA) is 99.7 Å². The summed E-state index contributed by atoms with van der Waals surface area (Å²) in [5, 5.41) is 21.3. The number of rotatable bonds is 1. The number of hydrogen-bond acceptors (Lipinski definition) is 6. The lowest BCUT2D eigenvalue weighted by Crippen LogP contribution is -2.26. The van der Waals surface area contributed by atoms with Gasteiger partial charge in [0.15, 0.2) is 0 Å². The molecule has 8 heteroatoms. The predicted molar refractivity (Wildman–Crippen MR) is 113 cm³/mol. The fourth-order valence-corrected chi connectivity index (χ4v) is 4.01. The van der Waals surface area contributed by atoms with Gasteiger partial charge in [0.1, 0.15) is 18.1 Å². The third-order valence-corrected chi connectivity index (χ3v) is 5.54. The van der Waals surface area contributed by atoms with Crippen LogP contribution >= 0.6 is 0 Å². The molecule has 0 spiro atoms. The van der Waals surface area contributed by atoms with E-state index in [4.69, 9.17) is 9.47 Å². The highest BCUT2D eigenvalue weighted by molar-refractivity contribution is 5.94. The van der Waals surface area contributed by atoms with Crippen molar-refractivity contribution in [2.75, 3.05) is 31.1 Å². The Kier molecular flexibility index (Phi) is 4.92. The van der Waals surface area contributed by atoms with Crippen molar-refractivity contribution in [2.24, 2.45) is 0 Å². The van der Waals surface area contributed by atoms with Gasteiger partial charge in [-0.3, -0.25) is 5.10 Å². The number of carbonyl (C=O) groups excluding carboxylic acids is 1. The molecular weight excluding hydrogens is 384 g/mol. The van der Waals surface area contributed by atoms with E-state index in [0.717, 1.165) is 52.1 Å². The van der Waals surface area contributed by atoms with E-state index in [1.165, 1.54) is 0 Å². The standard InChI is InChI=1S/C22H24N4O4/c27-17-4-6-26(12-17)16-9-14-8-15(10-16)21-19-11-18(2-3-20(19)24-25-21)29-7-1-5-23-22(28)30-13-14/h2-3,8-11,17,27H,1,4-7,12-13H2,(H,23,28)(H,24,25)/t17-/m0/s1. The maximum absolute atomic E-state index is 12.0. The summed E-state index contributed by atoms with van der Waals surface area (Å²) >= 11 is 0. The lowest BCUT2D eigenvalue weighted by molar-refractivity contribution is 0.139. The molecule has 3 aromatic rings. The van der Waals surface area contributed by atoms with Gasteiger partial charge in [0.05, 0.1) is 18.2 Å². The largest absolute Gasteiger partial charge is 0.494 e. The number of β-amino-alcohol motifs (C(OH)–C–C–N with tert-alkyl or cyclic N) is 1. The van der Waals surface area contributed by atoms with E-state index in [-0.39, 0.29) is 12.7 Å². The molecule has 2 aliphatic heterocycles. The fourth-order valence-electron chi connectivity index (χ4n) is 4.01.